The third-order valence-corrected chi connectivity index (χ3v) is 1.27. The fourth-order valence-corrected chi connectivity index (χ4v) is 0.614. The van der Waals surface area contributed by atoms with E-state index in [9.17, 15) is 9.36 Å². The molecule has 1 amide bonds. The summed E-state index contributed by atoms with van der Waals surface area (Å²) in [6.07, 6.45) is 0. The first-order valence-electron chi connectivity index (χ1n) is 2.58. The van der Waals surface area contributed by atoms with E-state index in [0.717, 1.165) is 0 Å². The van der Waals surface area contributed by atoms with E-state index < -0.39 is 26.4 Å². The van der Waals surface area contributed by atoms with E-state index in [-0.39, 0.29) is 0 Å². The summed E-state index contributed by atoms with van der Waals surface area (Å²) >= 11 is 0. The van der Waals surface area contributed by atoms with E-state index in [1.165, 1.54) is 0 Å². The molecule has 8 heteroatoms. The lowest BCUT2D eigenvalue weighted by Gasteiger charge is -2.08. The zero-order chi connectivity index (χ0) is 9.07. The fraction of sp³-hybridized carbons (Fsp3) is 0.667. The largest absolute Gasteiger partial charge is 0.469 e. The van der Waals surface area contributed by atoms with Crippen molar-refractivity contribution in [2.45, 2.75) is 6.04 Å². The van der Waals surface area contributed by atoms with Gasteiger partial charge in [0, 0.05) is 0 Å². The van der Waals surface area contributed by atoms with Gasteiger partial charge in [-0.25, -0.2) is 4.57 Å². The summed E-state index contributed by atoms with van der Waals surface area (Å²) in [5, 5.41) is 0. The van der Waals surface area contributed by atoms with E-state index in [0.29, 0.717) is 0 Å². The Bertz CT molecular complexity index is 188. The number of hydrogen-bond acceptors (Lipinski definition) is 4. The van der Waals surface area contributed by atoms with Crippen LogP contribution in [0.1, 0.15) is 0 Å². The first kappa shape index (κ1) is 10.5. The van der Waals surface area contributed by atoms with Crippen LogP contribution < -0.4 is 11.5 Å². The lowest BCUT2D eigenvalue weighted by Crippen LogP contribution is -2.39. The first-order chi connectivity index (χ1) is 4.83. The molecule has 0 rings (SSSR count). The van der Waals surface area contributed by atoms with Gasteiger partial charge in [0.2, 0.25) is 5.91 Å². The number of carbonyl (C=O) groups is 1. The SMILES string of the molecule is NC(=O)[C@@H](N)COP(=O)(O)O. The molecule has 0 radical (unpaired) electrons. The highest BCUT2D eigenvalue weighted by atomic mass is 31.2. The van der Waals surface area contributed by atoms with Gasteiger partial charge in [-0.05, 0) is 0 Å². The van der Waals surface area contributed by atoms with Crippen molar-refractivity contribution < 1.29 is 23.7 Å². The molecule has 7 nitrogen and oxygen atoms in total. The van der Waals surface area contributed by atoms with Crippen molar-refractivity contribution in [3.8, 4) is 0 Å². The maximum Gasteiger partial charge on any atom is 0.469 e. The van der Waals surface area contributed by atoms with Crippen LogP contribution in [0.5, 0.6) is 0 Å². The van der Waals surface area contributed by atoms with E-state index in [1.54, 1.807) is 0 Å². The second-order valence-electron chi connectivity index (χ2n) is 1.80. The van der Waals surface area contributed by atoms with Gasteiger partial charge in [-0.1, -0.05) is 0 Å². The van der Waals surface area contributed by atoms with E-state index in [1.807, 2.05) is 0 Å². The number of nitrogens with two attached hydrogens (primary N) is 2. The molecule has 11 heavy (non-hydrogen) atoms. The quantitative estimate of drug-likeness (QED) is 0.370. The minimum atomic E-state index is -4.55. The van der Waals surface area contributed by atoms with Crippen LogP contribution in [0.3, 0.4) is 0 Å². The normalized spacial score (nSPS) is 14.5. The molecule has 0 bridgehead atoms. The Kier molecular flexibility index (Phi) is 3.64. The molecule has 0 heterocycles. The monoisotopic (exact) mass is 184 g/mol. The highest BCUT2D eigenvalue weighted by molar-refractivity contribution is 7.46. The van der Waals surface area contributed by atoms with Crippen molar-refractivity contribution in [3.63, 3.8) is 0 Å². The highest BCUT2D eigenvalue weighted by Crippen LogP contribution is 2.35. The predicted octanol–water partition coefficient (Wildman–Crippen LogP) is -2.09. The summed E-state index contributed by atoms with van der Waals surface area (Å²) in [7, 11) is -4.55. The van der Waals surface area contributed by atoms with E-state index >= 15 is 0 Å². The molecule has 0 fully saturated rings. The lowest BCUT2D eigenvalue weighted by atomic mass is 10.3. The number of phosphoric ester groups is 1. The second kappa shape index (κ2) is 3.80. The summed E-state index contributed by atoms with van der Waals surface area (Å²) in [5.41, 5.74) is 9.65. The van der Waals surface area contributed by atoms with Crippen LogP contribution >= 0.6 is 7.82 Å². The van der Waals surface area contributed by atoms with Crippen LogP contribution in [0.15, 0.2) is 0 Å². The van der Waals surface area contributed by atoms with E-state index in [2.05, 4.69) is 10.3 Å². The van der Waals surface area contributed by atoms with Gasteiger partial charge in [0.25, 0.3) is 0 Å². The number of hydrogen-bond donors (Lipinski definition) is 4. The molecule has 0 saturated heterocycles. The molecule has 0 unspecified atom stereocenters. The average molecular weight is 184 g/mol. The molecule has 1 atom stereocenters. The smallest absolute Gasteiger partial charge is 0.368 e. The molecule has 6 N–H and O–H groups in total. The first-order valence-corrected chi connectivity index (χ1v) is 4.11. The predicted molar refractivity (Wildman–Crippen MR) is 35.2 cm³/mol. The molecule has 66 valence electrons. The Balaban J connectivity index is 3.72. The number of phosphoric acid groups is 1. The van der Waals surface area contributed by atoms with Crippen LogP contribution in [-0.2, 0) is 13.9 Å². The molecular weight excluding hydrogens is 175 g/mol. The number of carbonyl (C=O) groups excluding carboxylic acids is 1. The minimum absolute atomic E-state index is 0.584. The van der Waals surface area contributed by atoms with Crippen molar-refractivity contribution in [2.75, 3.05) is 6.61 Å². The Morgan fingerprint density at radius 2 is 2.09 bits per heavy atom. The third-order valence-electron chi connectivity index (χ3n) is 0.788. The molecule has 0 aromatic heterocycles. The Morgan fingerprint density at radius 3 is 2.36 bits per heavy atom. The maximum absolute atomic E-state index is 10.2. The molecule has 0 spiro atoms. The summed E-state index contributed by atoms with van der Waals surface area (Å²) < 4.78 is 13.9. The van der Waals surface area contributed by atoms with Gasteiger partial charge in [-0.15, -0.1) is 0 Å². The number of amides is 1. The minimum Gasteiger partial charge on any atom is -0.368 e. The van der Waals surface area contributed by atoms with Gasteiger partial charge in [0.1, 0.15) is 6.04 Å². The topological polar surface area (TPSA) is 136 Å². The van der Waals surface area contributed by atoms with Crippen LogP contribution in [0.25, 0.3) is 0 Å². The van der Waals surface area contributed by atoms with Gasteiger partial charge >= 0.3 is 7.82 Å². The van der Waals surface area contributed by atoms with Gasteiger partial charge < -0.3 is 21.3 Å². The second-order valence-corrected chi connectivity index (χ2v) is 3.03. The van der Waals surface area contributed by atoms with Gasteiger partial charge in [0.05, 0.1) is 6.61 Å². The number of primary amides is 1. The zero-order valence-corrected chi connectivity index (χ0v) is 6.40. The summed E-state index contributed by atoms with van der Waals surface area (Å²) in [6, 6.07) is -1.19. The molecule has 0 aliphatic rings. The third kappa shape index (κ3) is 5.96. The summed E-state index contributed by atoms with van der Waals surface area (Å²) in [5.74, 6) is -0.876. The molecule has 0 aliphatic heterocycles. The Morgan fingerprint density at radius 1 is 1.64 bits per heavy atom. The van der Waals surface area contributed by atoms with Crippen LogP contribution in [0, 0.1) is 0 Å². The van der Waals surface area contributed by atoms with Gasteiger partial charge in [-0.3, -0.25) is 9.32 Å². The van der Waals surface area contributed by atoms with Crippen molar-refractivity contribution in [1.29, 1.82) is 0 Å². The van der Waals surface area contributed by atoms with Gasteiger partial charge in [-0.2, -0.15) is 0 Å². The fourth-order valence-electron chi connectivity index (χ4n) is 0.260. The molecule has 0 aromatic carbocycles. The van der Waals surface area contributed by atoms with Crippen molar-refractivity contribution in [1.82, 2.24) is 0 Å². The van der Waals surface area contributed by atoms with E-state index in [4.69, 9.17) is 15.5 Å². The Labute approximate surface area is 62.6 Å². The molecule has 0 aromatic rings. The van der Waals surface area contributed by atoms with Crippen LogP contribution in [0.4, 0.5) is 0 Å². The maximum atomic E-state index is 10.2. The van der Waals surface area contributed by atoms with Crippen molar-refractivity contribution in [2.24, 2.45) is 11.5 Å². The highest BCUT2D eigenvalue weighted by Gasteiger charge is 2.18. The standard InChI is InChI=1S/C3H9N2O5P/c4-2(3(5)6)1-10-11(7,8)9/h2H,1,4H2,(H2,5,6)(H2,7,8,9)/t2-/m0/s1. The van der Waals surface area contributed by atoms with Gasteiger partial charge in [0.15, 0.2) is 0 Å². The van der Waals surface area contributed by atoms with Crippen LogP contribution in [0.2, 0.25) is 0 Å². The Hall–Kier alpha value is -0.460. The molecular formula is C3H9N2O5P. The summed E-state index contributed by atoms with van der Waals surface area (Å²) in [6.45, 7) is -0.584. The van der Waals surface area contributed by atoms with Crippen molar-refractivity contribution in [3.05, 3.63) is 0 Å². The lowest BCUT2D eigenvalue weighted by molar-refractivity contribution is -0.119. The molecule has 0 aliphatic carbocycles. The van der Waals surface area contributed by atoms with Crippen LogP contribution in [-0.4, -0.2) is 28.3 Å². The summed E-state index contributed by atoms with van der Waals surface area (Å²) in [4.78, 5) is 26.4. The number of rotatable bonds is 4. The van der Waals surface area contributed by atoms with Crippen molar-refractivity contribution >= 4 is 13.7 Å². The zero-order valence-electron chi connectivity index (χ0n) is 5.51. The molecule has 0 saturated carbocycles. The average Bonchev–Trinajstić information content (AvgIpc) is 1.80.